The van der Waals surface area contributed by atoms with Crippen LogP contribution in [0.15, 0.2) is 16.7 Å². The molecule has 88 valence electrons. The van der Waals surface area contributed by atoms with E-state index in [2.05, 4.69) is 25.4 Å². The van der Waals surface area contributed by atoms with Gasteiger partial charge in [-0.05, 0) is 22.0 Å². The van der Waals surface area contributed by atoms with Gasteiger partial charge in [-0.25, -0.2) is 4.79 Å². The lowest BCUT2D eigenvalue weighted by atomic mass is 10.4. The van der Waals surface area contributed by atoms with E-state index in [1.165, 1.54) is 14.2 Å². The normalized spacial score (nSPS) is 9.94. The standard InChI is InChI=1S/C10H12BrNO4/c1-15-9(13)3-4-12-6-7(11)5-8(12)10(14)16-2/h5-6H,3-4H2,1-2H3. The van der Waals surface area contributed by atoms with E-state index in [4.69, 9.17) is 0 Å². The maximum Gasteiger partial charge on any atom is 0.354 e. The first kappa shape index (κ1) is 12.8. The van der Waals surface area contributed by atoms with Crippen molar-refractivity contribution in [2.45, 2.75) is 13.0 Å². The number of halogens is 1. The van der Waals surface area contributed by atoms with E-state index in [-0.39, 0.29) is 12.4 Å². The Bertz CT molecular complexity index is 400. The first-order chi connectivity index (χ1) is 7.58. The lowest BCUT2D eigenvalue weighted by Gasteiger charge is -2.06. The molecular weight excluding hydrogens is 278 g/mol. The fraction of sp³-hybridized carbons (Fsp3) is 0.400. The van der Waals surface area contributed by atoms with Gasteiger partial charge in [0.2, 0.25) is 0 Å². The van der Waals surface area contributed by atoms with Crippen LogP contribution in [0.5, 0.6) is 0 Å². The van der Waals surface area contributed by atoms with Crippen molar-refractivity contribution in [3.05, 3.63) is 22.4 Å². The van der Waals surface area contributed by atoms with Gasteiger partial charge in [0.15, 0.2) is 0 Å². The van der Waals surface area contributed by atoms with Gasteiger partial charge in [0.25, 0.3) is 0 Å². The third-order valence-corrected chi connectivity index (χ3v) is 2.48. The van der Waals surface area contributed by atoms with E-state index in [9.17, 15) is 9.59 Å². The summed E-state index contributed by atoms with van der Waals surface area (Å²) >= 11 is 3.26. The highest BCUT2D eigenvalue weighted by atomic mass is 79.9. The lowest BCUT2D eigenvalue weighted by molar-refractivity contribution is -0.140. The molecule has 0 amide bonds. The average Bonchev–Trinajstić information content (AvgIpc) is 2.66. The van der Waals surface area contributed by atoms with Crippen molar-refractivity contribution in [2.24, 2.45) is 0 Å². The Labute approximate surface area is 101 Å². The predicted molar refractivity (Wildman–Crippen MR) is 60.1 cm³/mol. The molecule has 0 spiro atoms. The zero-order valence-corrected chi connectivity index (χ0v) is 10.6. The van der Waals surface area contributed by atoms with E-state index < -0.39 is 5.97 Å². The quantitative estimate of drug-likeness (QED) is 0.790. The highest BCUT2D eigenvalue weighted by Crippen LogP contribution is 2.16. The Kier molecular flexibility index (Phi) is 4.54. The van der Waals surface area contributed by atoms with Gasteiger partial charge in [0.05, 0.1) is 20.6 Å². The third-order valence-electron chi connectivity index (χ3n) is 2.04. The summed E-state index contributed by atoms with van der Waals surface area (Å²) in [6.07, 6.45) is 1.93. The van der Waals surface area contributed by atoms with Crippen molar-refractivity contribution in [3.63, 3.8) is 0 Å². The van der Waals surface area contributed by atoms with Gasteiger partial charge in [-0.1, -0.05) is 0 Å². The molecule has 0 fully saturated rings. The molecule has 1 heterocycles. The number of aryl methyl sites for hydroxylation is 1. The number of ether oxygens (including phenoxy) is 2. The Morgan fingerprint density at radius 3 is 2.62 bits per heavy atom. The van der Waals surface area contributed by atoms with Gasteiger partial charge in [0.1, 0.15) is 5.69 Å². The van der Waals surface area contributed by atoms with E-state index in [0.29, 0.717) is 12.2 Å². The van der Waals surface area contributed by atoms with Crippen molar-refractivity contribution >= 4 is 27.9 Å². The zero-order valence-electron chi connectivity index (χ0n) is 9.03. The maximum atomic E-state index is 11.4. The molecule has 6 heteroatoms. The maximum absolute atomic E-state index is 11.4. The van der Waals surface area contributed by atoms with E-state index >= 15 is 0 Å². The average molecular weight is 290 g/mol. The second-order valence-electron chi connectivity index (χ2n) is 3.05. The second kappa shape index (κ2) is 5.69. The number of nitrogens with zero attached hydrogens (tertiary/aromatic N) is 1. The number of rotatable bonds is 4. The van der Waals surface area contributed by atoms with Crippen LogP contribution >= 0.6 is 15.9 Å². The molecule has 0 bridgehead atoms. The van der Waals surface area contributed by atoms with Gasteiger partial charge in [0, 0.05) is 17.2 Å². The van der Waals surface area contributed by atoms with Gasteiger partial charge >= 0.3 is 11.9 Å². The minimum Gasteiger partial charge on any atom is -0.469 e. The van der Waals surface area contributed by atoms with Crippen LogP contribution in [0, 0.1) is 0 Å². The van der Waals surface area contributed by atoms with Crippen molar-refractivity contribution in [2.75, 3.05) is 14.2 Å². The topological polar surface area (TPSA) is 57.5 Å². The number of hydrogen-bond donors (Lipinski definition) is 0. The molecule has 0 aromatic carbocycles. The molecule has 0 unspecified atom stereocenters. The summed E-state index contributed by atoms with van der Waals surface area (Å²) in [4.78, 5) is 22.4. The molecule has 0 radical (unpaired) electrons. The molecule has 1 aromatic rings. The summed E-state index contributed by atoms with van der Waals surface area (Å²) in [5.41, 5.74) is 0.401. The van der Waals surface area contributed by atoms with Gasteiger partial charge < -0.3 is 14.0 Å². The van der Waals surface area contributed by atoms with Crippen LogP contribution in [0.2, 0.25) is 0 Å². The number of carbonyl (C=O) groups excluding carboxylic acids is 2. The minimum atomic E-state index is -0.435. The number of esters is 2. The summed E-state index contributed by atoms with van der Waals surface area (Å²) in [6.45, 7) is 0.378. The Balaban J connectivity index is 2.78. The molecule has 1 aromatic heterocycles. The van der Waals surface area contributed by atoms with E-state index in [0.717, 1.165) is 4.47 Å². The Morgan fingerprint density at radius 2 is 2.06 bits per heavy atom. The highest BCUT2D eigenvalue weighted by Gasteiger charge is 2.14. The second-order valence-corrected chi connectivity index (χ2v) is 3.97. The summed E-state index contributed by atoms with van der Waals surface area (Å²) in [7, 11) is 2.64. The fourth-order valence-electron chi connectivity index (χ4n) is 1.25. The van der Waals surface area contributed by atoms with Crippen LogP contribution in [0.25, 0.3) is 0 Å². The number of carbonyl (C=O) groups is 2. The van der Waals surface area contributed by atoms with Gasteiger partial charge in [-0.3, -0.25) is 4.79 Å². The molecular formula is C10H12BrNO4. The van der Waals surface area contributed by atoms with Crippen molar-refractivity contribution < 1.29 is 19.1 Å². The van der Waals surface area contributed by atoms with Crippen LogP contribution in [-0.4, -0.2) is 30.7 Å². The fourth-order valence-corrected chi connectivity index (χ4v) is 1.71. The molecule has 0 N–H and O–H groups in total. The number of methoxy groups -OCH3 is 2. The smallest absolute Gasteiger partial charge is 0.354 e. The van der Waals surface area contributed by atoms with Crippen LogP contribution in [0.4, 0.5) is 0 Å². The molecule has 5 nitrogen and oxygen atoms in total. The molecule has 16 heavy (non-hydrogen) atoms. The summed E-state index contributed by atoms with van der Waals surface area (Å²) in [5.74, 6) is -0.754. The van der Waals surface area contributed by atoms with E-state index in [1.807, 2.05) is 0 Å². The lowest BCUT2D eigenvalue weighted by Crippen LogP contribution is -2.12. The van der Waals surface area contributed by atoms with Crippen LogP contribution in [-0.2, 0) is 20.8 Å². The third kappa shape index (κ3) is 3.10. The SMILES string of the molecule is COC(=O)CCn1cc(Br)cc1C(=O)OC. The first-order valence-corrected chi connectivity index (χ1v) is 5.38. The van der Waals surface area contributed by atoms with Crippen molar-refractivity contribution in [3.8, 4) is 0 Å². The largest absolute Gasteiger partial charge is 0.469 e. The number of aromatic nitrogens is 1. The van der Waals surface area contributed by atoms with Crippen LogP contribution in [0.3, 0.4) is 0 Å². The van der Waals surface area contributed by atoms with Crippen LogP contribution < -0.4 is 0 Å². The van der Waals surface area contributed by atoms with Crippen LogP contribution in [0.1, 0.15) is 16.9 Å². The zero-order chi connectivity index (χ0) is 12.1. The molecule has 1 rings (SSSR count). The summed E-state index contributed by atoms with van der Waals surface area (Å²) in [5, 5.41) is 0. The predicted octanol–water partition coefficient (Wildman–Crippen LogP) is 1.60. The monoisotopic (exact) mass is 289 g/mol. The highest BCUT2D eigenvalue weighted by molar-refractivity contribution is 9.10. The van der Waals surface area contributed by atoms with Crippen molar-refractivity contribution in [1.29, 1.82) is 0 Å². The molecule has 0 aliphatic rings. The Morgan fingerprint density at radius 1 is 1.38 bits per heavy atom. The van der Waals surface area contributed by atoms with Gasteiger partial charge in [-0.15, -0.1) is 0 Å². The molecule has 0 atom stereocenters. The molecule has 0 saturated heterocycles. The van der Waals surface area contributed by atoms with Crippen molar-refractivity contribution in [1.82, 2.24) is 4.57 Å². The van der Waals surface area contributed by atoms with E-state index in [1.54, 1.807) is 16.8 Å². The number of hydrogen-bond acceptors (Lipinski definition) is 4. The molecule has 0 aliphatic heterocycles. The first-order valence-electron chi connectivity index (χ1n) is 4.59. The van der Waals surface area contributed by atoms with Gasteiger partial charge in [-0.2, -0.15) is 0 Å². The minimum absolute atomic E-state index is 0.210. The molecule has 0 aliphatic carbocycles. The summed E-state index contributed by atoms with van der Waals surface area (Å²) in [6, 6.07) is 1.64. The molecule has 0 saturated carbocycles. The Hall–Kier alpha value is -1.30. The summed E-state index contributed by atoms with van der Waals surface area (Å²) < 4.78 is 11.6.